The first-order chi connectivity index (χ1) is 8.65. The predicted molar refractivity (Wildman–Crippen MR) is 71.4 cm³/mol. The van der Waals surface area contributed by atoms with Gasteiger partial charge >= 0.3 is 0 Å². The molecule has 0 N–H and O–H groups in total. The summed E-state index contributed by atoms with van der Waals surface area (Å²) in [6, 6.07) is 0. The lowest BCUT2D eigenvalue weighted by atomic mass is 10.1. The van der Waals surface area contributed by atoms with Crippen LogP contribution < -0.4 is 0 Å². The van der Waals surface area contributed by atoms with E-state index in [-0.39, 0.29) is 12.0 Å². The van der Waals surface area contributed by atoms with E-state index in [9.17, 15) is 4.79 Å². The summed E-state index contributed by atoms with van der Waals surface area (Å²) in [4.78, 5) is 16.5. The highest BCUT2D eigenvalue weighted by Gasteiger charge is 2.26. The molecule has 4 heteroatoms. The molecule has 0 spiro atoms. The number of amides is 1. The third-order valence-electron chi connectivity index (χ3n) is 3.71. The summed E-state index contributed by atoms with van der Waals surface area (Å²) in [6.45, 7) is 10.2. The van der Waals surface area contributed by atoms with Crippen LogP contribution in [0.25, 0.3) is 0 Å². The Labute approximate surface area is 110 Å². The van der Waals surface area contributed by atoms with Gasteiger partial charge in [-0.3, -0.25) is 9.69 Å². The van der Waals surface area contributed by atoms with Crippen molar-refractivity contribution in [3.05, 3.63) is 0 Å². The van der Waals surface area contributed by atoms with Crippen molar-refractivity contribution in [3.8, 4) is 0 Å². The summed E-state index contributed by atoms with van der Waals surface area (Å²) in [7, 11) is 0. The molecule has 0 radical (unpaired) electrons. The summed E-state index contributed by atoms with van der Waals surface area (Å²) in [5, 5.41) is 0. The molecule has 2 rings (SSSR count). The fourth-order valence-corrected chi connectivity index (χ4v) is 2.88. The van der Waals surface area contributed by atoms with E-state index in [1.807, 2.05) is 4.90 Å². The fraction of sp³-hybridized carbons (Fsp3) is 0.929. The highest BCUT2D eigenvalue weighted by molar-refractivity contribution is 5.77. The van der Waals surface area contributed by atoms with Crippen LogP contribution in [0.5, 0.6) is 0 Å². The molecule has 2 heterocycles. The Morgan fingerprint density at radius 3 is 2.67 bits per heavy atom. The van der Waals surface area contributed by atoms with Crippen LogP contribution in [0.4, 0.5) is 0 Å². The van der Waals surface area contributed by atoms with Gasteiger partial charge in [0.1, 0.15) is 0 Å². The van der Waals surface area contributed by atoms with Crippen LogP contribution in [0.15, 0.2) is 0 Å². The monoisotopic (exact) mass is 254 g/mol. The number of hydrogen-bond acceptors (Lipinski definition) is 3. The molecule has 2 aliphatic rings. The molecule has 1 unspecified atom stereocenters. The SMILES string of the molecule is CC(C)CN1CCOC(CC(=O)N2CCCC2)C1. The van der Waals surface area contributed by atoms with Gasteiger partial charge in [0.05, 0.1) is 19.1 Å². The molecular formula is C14H26N2O2. The van der Waals surface area contributed by atoms with Gasteiger partial charge < -0.3 is 9.64 Å². The first-order valence-electron chi connectivity index (χ1n) is 7.27. The lowest BCUT2D eigenvalue weighted by Crippen LogP contribution is -2.45. The van der Waals surface area contributed by atoms with Crippen LogP contribution >= 0.6 is 0 Å². The quantitative estimate of drug-likeness (QED) is 0.759. The molecule has 2 aliphatic heterocycles. The van der Waals surface area contributed by atoms with Crippen molar-refractivity contribution >= 4 is 5.91 Å². The van der Waals surface area contributed by atoms with Crippen LogP contribution in [0, 0.1) is 5.92 Å². The molecule has 0 saturated carbocycles. The molecule has 2 fully saturated rings. The van der Waals surface area contributed by atoms with Gasteiger partial charge in [0, 0.05) is 32.7 Å². The Bertz CT molecular complexity index is 275. The van der Waals surface area contributed by atoms with Gasteiger partial charge in [0.15, 0.2) is 0 Å². The Hall–Kier alpha value is -0.610. The molecule has 1 amide bonds. The lowest BCUT2D eigenvalue weighted by Gasteiger charge is -2.34. The zero-order valence-electron chi connectivity index (χ0n) is 11.7. The molecule has 0 aliphatic carbocycles. The fourth-order valence-electron chi connectivity index (χ4n) is 2.88. The number of rotatable bonds is 4. The lowest BCUT2D eigenvalue weighted by molar-refractivity contribution is -0.135. The summed E-state index contributed by atoms with van der Waals surface area (Å²) < 4.78 is 5.73. The molecule has 18 heavy (non-hydrogen) atoms. The number of carbonyl (C=O) groups is 1. The van der Waals surface area contributed by atoms with Crippen LogP contribution in [0.2, 0.25) is 0 Å². The number of morpholine rings is 1. The van der Waals surface area contributed by atoms with Crippen molar-refractivity contribution in [2.75, 3.05) is 39.3 Å². The number of nitrogens with zero attached hydrogens (tertiary/aromatic N) is 2. The number of carbonyl (C=O) groups excluding carboxylic acids is 1. The van der Waals surface area contributed by atoms with E-state index in [4.69, 9.17) is 4.74 Å². The first-order valence-corrected chi connectivity index (χ1v) is 7.27. The topological polar surface area (TPSA) is 32.8 Å². The Morgan fingerprint density at radius 1 is 1.28 bits per heavy atom. The van der Waals surface area contributed by atoms with Gasteiger partial charge in [0.25, 0.3) is 0 Å². The van der Waals surface area contributed by atoms with E-state index < -0.39 is 0 Å². The first kappa shape index (κ1) is 13.8. The summed E-state index contributed by atoms with van der Waals surface area (Å²) in [5.74, 6) is 0.960. The Morgan fingerprint density at radius 2 is 2.00 bits per heavy atom. The molecule has 2 saturated heterocycles. The molecule has 1 atom stereocenters. The van der Waals surface area contributed by atoms with Gasteiger partial charge in [-0.15, -0.1) is 0 Å². The standard InChI is InChI=1S/C14H26N2O2/c1-12(2)10-15-7-8-18-13(11-15)9-14(17)16-5-3-4-6-16/h12-13H,3-11H2,1-2H3. The minimum atomic E-state index is 0.102. The Kier molecular flexibility index (Phi) is 5.01. The second kappa shape index (κ2) is 6.53. The summed E-state index contributed by atoms with van der Waals surface area (Å²) in [6.07, 6.45) is 2.99. The minimum Gasteiger partial charge on any atom is -0.375 e. The molecule has 4 nitrogen and oxygen atoms in total. The van der Waals surface area contributed by atoms with E-state index in [1.165, 1.54) is 0 Å². The highest BCUT2D eigenvalue weighted by Crippen LogP contribution is 2.15. The van der Waals surface area contributed by atoms with E-state index in [0.717, 1.165) is 52.2 Å². The smallest absolute Gasteiger partial charge is 0.225 e. The van der Waals surface area contributed by atoms with Crippen molar-refractivity contribution in [2.24, 2.45) is 5.92 Å². The average Bonchev–Trinajstić information content (AvgIpc) is 2.81. The zero-order chi connectivity index (χ0) is 13.0. The number of hydrogen-bond donors (Lipinski definition) is 0. The minimum absolute atomic E-state index is 0.102. The predicted octanol–water partition coefficient (Wildman–Crippen LogP) is 1.36. The summed E-state index contributed by atoms with van der Waals surface area (Å²) >= 11 is 0. The molecule has 0 aromatic carbocycles. The van der Waals surface area contributed by atoms with Crippen molar-refractivity contribution in [1.82, 2.24) is 9.80 Å². The van der Waals surface area contributed by atoms with E-state index in [2.05, 4.69) is 18.7 Å². The average molecular weight is 254 g/mol. The van der Waals surface area contributed by atoms with E-state index in [0.29, 0.717) is 12.3 Å². The van der Waals surface area contributed by atoms with Crippen molar-refractivity contribution in [3.63, 3.8) is 0 Å². The van der Waals surface area contributed by atoms with Gasteiger partial charge in [-0.05, 0) is 18.8 Å². The highest BCUT2D eigenvalue weighted by atomic mass is 16.5. The van der Waals surface area contributed by atoms with Gasteiger partial charge in [0.2, 0.25) is 5.91 Å². The van der Waals surface area contributed by atoms with Gasteiger partial charge in [-0.2, -0.15) is 0 Å². The second-order valence-electron chi connectivity index (χ2n) is 5.94. The van der Waals surface area contributed by atoms with Crippen LogP contribution in [-0.2, 0) is 9.53 Å². The maximum absolute atomic E-state index is 12.1. The maximum Gasteiger partial charge on any atom is 0.225 e. The van der Waals surface area contributed by atoms with Crippen LogP contribution in [0.3, 0.4) is 0 Å². The molecule has 0 aromatic heterocycles. The van der Waals surface area contributed by atoms with Crippen molar-refractivity contribution in [1.29, 1.82) is 0 Å². The van der Waals surface area contributed by atoms with Gasteiger partial charge in [-0.1, -0.05) is 13.8 Å². The van der Waals surface area contributed by atoms with E-state index >= 15 is 0 Å². The number of likely N-dealkylation sites (tertiary alicyclic amines) is 1. The molecule has 104 valence electrons. The number of ether oxygens (including phenoxy) is 1. The van der Waals surface area contributed by atoms with Crippen LogP contribution in [-0.4, -0.2) is 61.1 Å². The van der Waals surface area contributed by atoms with Gasteiger partial charge in [-0.25, -0.2) is 0 Å². The third-order valence-corrected chi connectivity index (χ3v) is 3.71. The normalized spacial score (nSPS) is 25.9. The maximum atomic E-state index is 12.1. The largest absolute Gasteiger partial charge is 0.375 e. The Balaban J connectivity index is 1.76. The van der Waals surface area contributed by atoms with E-state index in [1.54, 1.807) is 0 Å². The second-order valence-corrected chi connectivity index (χ2v) is 5.94. The van der Waals surface area contributed by atoms with Crippen molar-refractivity contribution in [2.45, 2.75) is 39.2 Å². The molecule has 0 bridgehead atoms. The molecule has 0 aromatic rings. The van der Waals surface area contributed by atoms with Crippen molar-refractivity contribution < 1.29 is 9.53 Å². The zero-order valence-corrected chi connectivity index (χ0v) is 11.7. The molecular weight excluding hydrogens is 228 g/mol. The summed E-state index contributed by atoms with van der Waals surface area (Å²) in [5.41, 5.74) is 0. The van der Waals surface area contributed by atoms with Crippen LogP contribution in [0.1, 0.15) is 33.1 Å². The third kappa shape index (κ3) is 3.95.